The van der Waals surface area contributed by atoms with E-state index in [-0.39, 0.29) is 0 Å². The van der Waals surface area contributed by atoms with Gasteiger partial charge < -0.3 is 5.32 Å². The van der Waals surface area contributed by atoms with Gasteiger partial charge in [-0.25, -0.2) is 0 Å². The summed E-state index contributed by atoms with van der Waals surface area (Å²) < 4.78 is 0. The molecule has 1 atom stereocenters. The average Bonchev–Trinajstić information content (AvgIpc) is 1.81. The Bertz CT molecular complexity index is 141. The molecule has 1 heteroatoms. The number of nitrogens with one attached hydrogen (secondary N) is 1. The summed E-state index contributed by atoms with van der Waals surface area (Å²) in [6.07, 6.45) is 4.39. The molecule has 1 heterocycles. The van der Waals surface area contributed by atoms with Crippen molar-refractivity contribution in [3.8, 4) is 0 Å². The molecule has 1 saturated heterocycles. The molecule has 1 unspecified atom stereocenters. The van der Waals surface area contributed by atoms with Gasteiger partial charge in [0.05, 0.1) is 0 Å². The van der Waals surface area contributed by atoms with E-state index in [9.17, 15) is 0 Å². The topological polar surface area (TPSA) is 12.0 Å². The summed E-state index contributed by atoms with van der Waals surface area (Å²) in [5, 5.41) is 3.38. The maximum atomic E-state index is 3.38. The van der Waals surface area contributed by atoms with Gasteiger partial charge in [-0.05, 0) is 30.1 Å². The van der Waals surface area contributed by atoms with Crippen LogP contribution < -0.4 is 5.32 Å². The number of hydrogen-bond acceptors (Lipinski definition) is 1. The van der Waals surface area contributed by atoms with Crippen LogP contribution >= 0.6 is 0 Å². The molecular formula is C10H19N. The van der Waals surface area contributed by atoms with Crippen LogP contribution in [-0.2, 0) is 0 Å². The van der Waals surface area contributed by atoms with Crippen LogP contribution in [0.15, 0.2) is 0 Å². The van der Waals surface area contributed by atoms with Crippen LogP contribution in [0.4, 0.5) is 0 Å². The highest BCUT2D eigenvalue weighted by atomic mass is 15.0. The van der Waals surface area contributed by atoms with Crippen LogP contribution in [0.2, 0.25) is 0 Å². The van der Waals surface area contributed by atoms with Crippen molar-refractivity contribution in [1.82, 2.24) is 5.32 Å². The van der Waals surface area contributed by atoms with Gasteiger partial charge in [-0.3, -0.25) is 0 Å². The highest BCUT2D eigenvalue weighted by Gasteiger charge is 2.49. The molecule has 0 radical (unpaired) electrons. The van der Waals surface area contributed by atoms with Crippen molar-refractivity contribution < 1.29 is 0 Å². The van der Waals surface area contributed by atoms with Crippen LogP contribution in [0.25, 0.3) is 0 Å². The van der Waals surface area contributed by atoms with E-state index >= 15 is 0 Å². The normalized spacial score (nSPS) is 31.1. The highest BCUT2D eigenvalue weighted by Crippen LogP contribution is 2.51. The molecule has 0 aromatic rings. The molecule has 0 aromatic heterocycles. The standard InChI is InChI=1S/C10H19N/c1-3-8(2)9-4-10(5-9)6-11-7-10/h8-9,11H,3-7H2,1-2H3. The van der Waals surface area contributed by atoms with Crippen LogP contribution in [0, 0.1) is 17.3 Å². The number of rotatable bonds is 2. The molecule has 2 fully saturated rings. The summed E-state index contributed by atoms with van der Waals surface area (Å²) in [6, 6.07) is 0. The zero-order valence-corrected chi connectivity index (χ0v) is 7.69. The Hall–Kier alpha value is -0.0400. The van der Waals surface area contributed by atoms with Crippen LogP contribution in [0.3, 0.4) is 0 Å². The molecule has 0 aromatic carbocycles. The van der Waals surface area contributed by atoms with Gasteiger partial charge in [0.25, 0.3) is 0 Å². The molecule has 64 valence electrons. The second-order valence-corrected chi connectivity index (χ2v) is 4.66. The van der Waals surface area contributed by atoms with Gasteiger partial charge in [-0.2, -0.15) is 0 Å². The lowest BCUT2D eigenvalue weighted by atomic mass is 9.55. The van der Waals surface area contributed by atoms with E-state index in [4.69, 9.17) is 0 Å². The van der Waals surface area contributed by atoms with E-state index in [0.29, 0.717) is 0 Å². The highest BCUT2D eigenvalue weighted by molar-refractivity contribution is 5.03. The molecule has 1 nitrogen and oxygen atoms in total. The molecule has 1 saturated carbocycles. The van der Waals surface area contributed by atoms with Gasteiger partial charge >= 0.3 is 0 Å². The first kappa shape index (κ1) is 7.60. The number of hydrogen-bond donors (Lipinski definition) is 1. The lowest BCUT2D eigenvalue weighted by Gasteiger charge is -2.56. The van der Waals surface area contributed by atoms with Gasteiger partial charge in [0.15, 0.2) is 0 Å². The fourth-order valence-electron chi connectivity index (χ4n) is 2.56. The van der Waals surface area contributed by atoms with Crippen LogP contribution in [0.1, 0.15) is 33.1 Å². The summed E-state index contributed by atoms with van der Waals surface area (Å²) in [6.45, 7) is 7.33. The summed E-state index contributed by atoms with van der Waals surface area (Å²) in [5.41, 5.74) is 0.786. The largest absolute Gasteiger partial charge is 0.316 e. The Morgan fingerprint density at radius 2 is 2.09 bits per heavy atom. The molecule has 2 aliphatic rings. The maximum Gasteiger partial charge on any atom is 0.00204 e. The van der Waals surface area contributed by atoms with Gasteiger partial charge in [-0.15, -0.1) is 0 Å². The Morgan fingerprint density at radius 1 is 1.45 bits per heavy atom. The lowest BCUT2D eigenvalue weighted by molar-refractivity contribution is -0.0251. The minimum atomic E-state index is 0.786. The fourth-order valence-corrected chi connectivity index (χ4v) is 2.56. The minimum absolute atomic E-state index is 0.786. The van der Waals surface area contributed by atoms with E-state index < -0.39 is 0 Å². The monoisotopic (exact) mass is 153 g/mol. The molecule has 1 spiro atoms. The second-order valence-electron chi connectivity index (χ2n) is 4.66. The molecule has 0 amide bonds. The van der Waals surface area contributed by atoms with E-state index in [0.717, 1.165) is 17.3 Å². The first-order valence-electron chi connectivity index (χ1n) is 4.96. The summed E-state index contributed by atoms with van der Waals surface area (Å²) in [4.78, 5) is 0. The van der Waals surface area contributed by atoms with Crippen molar-refractivity contribution in [2.45, 2.75) is 33.1 Å². The summed E-state index contributed by atoms with van der Waals surface area (Å²) in [7, 11) is 0. The zero-order chi connectivity index (χ0) is 7.90. The predicted molar refractivity (Wildman–Crippen MR) is 47.5 cm³/mol. The molecule has 2 rings (SSSR count). The van der Waals surface area contributed by atoms with Crippen molar-refractivity contribution in [2.75, 3.05) is 13.1 Å². The smallest absolute Gasteiger partial charge is 0.00204 e. The Kier molecular flexibility index (Phi) is 1.71. The van der Waals surface area contributed by atoms with Crippen molar-refractivity contribution in [3.05, 3.63) is 0 Å². The van der Waals surface area contributed by atoms with E-state index in [2.05, 4.69) is 19.2 Å². The van der Waals surface area contributed by atoms with Gasteiger partial charge in [-0.1, -0.05) is 20.3 Å². The summed E-state index contributed by atoms with van der Waals surface area (Å²) >= 11 is 0. The first-order chi connectivity index (χ1) is 5.26. The van der Waals surface area contributed by atoms with Gasteiger partial charge in [0, 0.05) is 13.1 Å². The Balaban J connectivity index is 1.78. The van der Waals surface area contributed by atoms with Gasteiger partial charge in [0.1, 0.15) is 0 Å². The minimum Gasteiger partial charge on any atom is -0.316 e. The third-order valence-corrected chi connectivity index (χ3v) is 3.84. The first-order valence-corrected chi connectivity index (χ1v) is 4.96. The van der Waals surface area contributed by atoms with Gasteiger partial charge in [0.2, 0.25) is 0 Å². The van der Waals surface area contributed by atoms with E-state index in [1.165, 1.54) is 32.4 Å². The molecule has 0 bridgehead atoms. The molecule has 1 aliphatic carbocycles. The SMILES string of the molecule is CCC(C)C1CC2(CNC2)C1. The third-order valence-electron chi connectivity index (χ3n) is 3.84. The quantitative estimate of drug-likeness (QED) is 0.640. The van der Waals surface area contributed by atoms with Crippen molar-refractivity contribution >= 4 is 0 Å². The lowest BCUT2D eigenvalue weighted by Crippen LogP contribution is -2.61. The third kappa shape index (κ3) is 1.10. The van der Waals surface area contributed by atoms with Crippen molar-refractivity contribution in [2.24, 2.45) is 17.3 Å². The van der Waals surface area contributed by atoms with Crippen LogP contribution in [-0.4, -0.2) is 13.1 Å². The average molecular weight is 153 g/mol. The second kappa shape index (κ2) is 2.48. The molecule has 1 N–H and O–H groups in total. The predicted octanol–water partition coefficient (Wildman–Crippen LogP) is 2.03. The molecular weight excluding hydrogens is 134 g/mol. The Labute approximate surface area is 69.6 Å². The van der Waals surface area contributed by atoms with Crippen LogP contribution in [0.5, 0.6) is 0 Å². The van der Waals surface area contributed by atoms with Crippen molar-refractivity contribution in [3.63, 3.8) is 0 Å². The Morgan fingerprint density at radius 3 is 2.45 bits per heavy atom. The summed E-state index contributed by atoms with van der Waals surface area (Å²) in [5.74, 6) is 2.03. The maximum absolute atomic E-state index is 3.38. The fraction of sp³-hybridized carbons (Fsp3) is 1.00. The zero-order valence-electron chi connectivity index (χ0n) is 7.69. The molecule has 11 heavy (non-hydrogen) atoms. The van der Waals surface area contributed by atoms with E-state index in [1.807, 2.05) is 0 Å². The van der Waals surface area contributed by atoms with Crippen molar-refractivity contribution in [1.29, 1.82) is 0 Å². The molecule has 1 aliphatic heterocycles. The van der Waals surface area contributed by atoms with E-state index in [1.54, 1.807) is 0 Å².